The Labute approximate surface area is 185 Å². The van der Waals surface area contributed by atoms with E-state index in [9.17, 15) is 9.59 Å². The highest BCUT2D eigenvalue weighted by molar-refractivity contribution is 6.31. The molecule has 162 valence electrons. The van der Waals surface area contributed by atoms with Gasteiger partial charge in [0.2, 0.25) is 5.91 Å². The molecule has 31 heavy (non-hydrogen) atoms. The molecule has 0 atom stereocenters. The summed E-state index contributed by atoms with van der Waals surface area (Å²) in [6, 6.07) is 13.9. The van der Waals surface area contributed by atoms with Crippen molar-refractivity contribution in [2.24, 2.45) is 0 Å². The molecule has 8 heteroatoms. The lowest BCUT2D eigenvalue weighted by molar-refractivity contribution is -0.116. The smallest absolute Gasteiger partial charge is 0.266 e. The van der Waals surface area contributed by atoms with Crippen LogP contribution < -0.4 is 20.3 Å². The first-order chi connectivity index (χ1) is 14.9. The summed E-state index contributed by atoms with van der Waals surface area (Å²) in [6.45, 7) is 2.17. The maximum Gasteiger partial charge on any atom is 0.266 e. The number of anilines is 1. The molecule has 1 N–H and O–H groups in total. The molecular formula is C23H24ClN3O4. The molecule has 0 fully saturated rings. The van der Waals surface area contributed by atoms with Gasteiger partial charge in [0.15, 0.2) is 11.5 Å². The van der Waals surface area contributed by atoms with Crippen LogP contribution in [0.15, 0.2) is 53.3 Å². The highest BCUT2D eigenvalue weighted by Gasteiger charge is 2.10. The largest absolute Gasteiger partial charge is 0.493 e. The lowest BCUT2D eigenvalue weighted by atomic mass is 10.1. The lowest BCUT2D eigenvalue weighted by Crippen LogP contribution is -2.23. The number of nitrogens with zero attached hydrogens (tertiary/aromatic N) is 2. The Morgan fingerprint density at radius 1 is 1.10 bits per heavy atom. The Bertz CT molecular complexity index is 1140. The van der Waals surface area contributed by atoms with E-state index < -0.39 is 0 Å². The van der Waals surface area contributed by atoms with Gasteiger partial charge in [-0.15, -0.1) is 0 Å². The number of methoxy groups -OCH3 is 2. The number of aryl methyl sites for hydroxylation is 1. The summed E-state index contributed by atoms with van der Waals surface area (Å²) in [4.78, 5) is 24.5. The average molecular weight is 442 g/mol. The Morgan fingerprint density at radius 2 is 1.87 bits per heavy atom. The first-order valence-corrected chi connectivity index (χ1v) is 10.2. The van der Waals surface area contributed by atoms with E-state index in [1.807, 2.05) is 13.0 Å². The van der Waals surface area contributed by atoms with Crippen LogP contribution in [0.1, 0.15) is 18.4 Å². The molecule has 3 aromatic rings. The highest BCUT2D eigenvalue weighted by atomic mass is 35.5. The van der Waals surface area contributed by atoms with Crippen molar-refractivity contribution in [2.45, 2.75) is 26.3 Å². The van der Waals surface area contributed by atoms with Crippen molar-refractivity contribution in [1.29, 1.82) is 0 Å². The van der Waals surface area contributed by atoms with Gasteiger partial charge >= 0.3 is 0 Å². The van der Waals surface area contributed by atoms with Crippen molar-refractivity contribution in [3.05, 3.63) is 69.5 Å². The van der Waals surface area contributed by atoms with Crippen molar-refractivity contribution >= 4 is 23.2 Å². The number of carbonyl (C=O) groups is 1. The van der Waals surface area contributed by atoms with Gasteiger partial charge in [0, 0.05) is 35.3 Å². The minimum Gasteiger partial charge on any atom is -0.493 e. The zero-order chi connectivity index (χ0) is 22.4. The summed E-state index contributed by atoms with van der Waals surface area (Å²) in [5.74, 6) is 1.04. The molecule has 0 saturated heterocycles. The summed E-state index contributed by atoms with van der Waals surface area (Å²) < 4.78 is 12.0. The molecule has 1 amide bonds. The Morgan fingerprint density at radius 3 is 2.61 bits per heavy atom. The van der Waals surface area contributed by atoms with E-state index >= 15 is 0 Å². The molecule has 1 aromatic heterocycles. The number of rotatable bonds is 8. The third-order valence-electron chi connectivity index (χ3n) is 4.86. The van der Waals surface area contributed by atoms with Crippen molar-refractivity contribution in [1.82, 2.24) is 9.78 Å². The summed E-state index contributed by atoms with van der Waals surface area (Å²) in [7, 11) is 3.13. The van der Waals surface area contributed by atoms with E-state index in [1.165, 1.54) is 10.7 Å². The van der Waals surface area contributed by atoms with Crippen molar-refractivity contribution < 1.29 is 14.3 Å². The molecule has 3 rings (SSSR count). The van der Waals surface area contributed by atoms with E-state index in [-0.39, 0.29) is 17.9 Å². The van der Waals surface area contributed by atoms with Crippen molar-refractivity contribution in [2.75, 3.05) is 19.5 Å². The summed E-state index contributed by atoms with van der Waals surface area (Å²) >= 11 is 6.09. The molecule has 0 unspecified atom stereocenters. The lowest BCUT2D eigenvalue weighted by Gasteiger charge is -2.11. The van der Waals surface area contributed by atoms with Gasteiger partial charge in [-0.25, -0.2) is 4.68 Å². The molecule has 0 aliphatic rings. The molecule has 0 bridgehead atoms. The molecule has 0 saturated carbocycles. The van der Waals surface area contributed by atoms with Crippen LogP contribution in [0.3, 0.4) is 0 Å². The highest BCUT2D eigenvalue weighted by Crippen LogP contribution is 2.31. The second-order valence-electron chi connectivity index (χ2n) is 6.91. The molecule has 0 spiro atoms. The zero-order valence-electron chi connectivity index (χ0n) is 17.6. The number of aromatic nitrogens is 2. The maximum absolute atomic E-state index is 12.3. The van der Waals surface area contributed by atoms with E-state index in [0.717, 1.165) is 11.1 Å². The molecule has 7 nitrogen and oxygen atoms in total. The standard InChI is InChI=1S/C23H24ClN3O4/c1-15-17(24)6-4-7-18(15)25-22(28)8-5-13-27-23(29)12-10-19(26-27)16-9-11-20(30-2)21(14-16)31-3/h4,6-7,9-12,14H,5,8,13H2,1-3H3,(H,25,28). The van der Waals surface area contributed by atoms with Gasteiger partial charge in [-0.1, -0.05) is 17.7 Å². The fraction of sp³-hybridized carbons (Fsp3) is 0.261. The van der Waals surface area contributed by atoms with E-state index in [2.05, 4.69) is 10.4 Å². The normalized spacial score (nSPS) is 10.6. The van der Waals surface area contributed by atoms with E-state index in [4.69, 9.17) is 21.1 Å². The number of carbonyl (C=O) groups excluding carboxylic acids is 1. The second-order valence-corrected chi connectivity index (χ2v) is 7.32. The van der Waals surface area contributed by atoms with Crippen molar-refractivity contribution in [3.8, 4) is 22.8 Å². The van der Waals surface area contributed by atoms with Crippen LogP contribution in [0.5, 0.6) is 11.5 Å². The van der Waals surface area contributed by atoms with Crippen LogP contribution in [-0.4, -0.2) is 29.9 Å². The fourth-order valence-electron chi connectivity index (χ4n) is 3.10. The second kappa shape index (κ2) is 10.1. The minimum absolute atomic E-state index is 0.144. The van der Waals surface area contributed by atoms with Crippen LogP contribution in [-0.2, 0) is 11.3 Å². The quantitative estimate of drug-likeness (QED) is 0.563. The number of amides is 1. The monoisotopic (exact) mass is 441 g/mol. The van der Waals surface area contributed by atoms with Crippen molar-refractivity contribution in [3.63, 3.8) is 0 Å². The van der Waals surface area contributed by atoms with E-state index in [0.29, 0.717) is 40.9 Å². The summed E-state index contributed by atoms with van der Waals surface area (Å²) in [5.41, 5.74) is 2.69. The third-order valence-corrected chi connectivity index (χ3v) is 5.27. The first-order valence-electron chi connectivity index (χ1n) is 9.78. The van der Waals surface area contributed by atoms with Crippen LogP contribution in [0.25, 0.3) is 11.3 Å². The van der Waals surface area contributed by atoms with Crippen LogP contribution in [0.4, 0.5) is 5.69 Å². The number of hydrogen-bond acceptors (Lipinski definition) is 5. The number of ether oxygens (including phenoxy) is 2. The topological polar surface area (TPSA) is 82.5 Å². The first kappa shape index (κ1) is 22.4. The number of nitrogens with one attached hydrogen (secondary N) is 1. The third kappa shape index (κ3) is 5.44. The van der Waals surface area contributed by atoms with Gasteiger partial charge in [-0.2, -0.15) is 5.10 Å². The number of benzene rings is 2. The van der Waals surface area contributed by atoms with Gasteiger partial charge in [0.05, 0.1) is 19.9 Å². The van der Waals surface area contributed by atoms with E-state index in [1.54, 1.807) is 50.6 Å². The zero-order valence-corrected chi connectivity index (χ0v) is 18.4. The minimum atomic E-state index is -0.227. The molecule has 2 aromatic carbocycles. The predicted molar refractivity (Wildman–Crippen MR) is 121 cm³/mol. The SMILES string of the molecule is COc1ccc(-c2ccc(=O)n(CCCC(=O)Nc3cccc(Cl)c3C)n2)cc1OC. The number of halogens is 1. The Balaban J connectivity index is 1.67. The average Bonchev–Trinajstić information content (AvgIpc) is 2.77. The molecule has 0 radical (unpaired) electrons. The summed E-state index contributed by atoms with van der Waals surface area (Å²) in [5, 5.41) is 7.89. The Hall–Kier alpha value is -3.32. The Kier molecular flexibility index (Phi) is 7.31. The summed E-state index contributed by atoms with van der Waals surface area (Å²) in [6.07, 6.45) is 0.717. The number of hydrogen-bond donors (Lipinski definition) is 1. The predicted octanol–water partition coefficient (Wildman–Crippen LogP) is 4.31. The molecule has 0 aliphatic heterocycles. The van der Waals surface area contributed by atoms with Gasteiger partial charge in [-0.05, 0) is 55.3 Å². The maximum atomic E-state index is 12.3. The molecule has 0 aliphatic carbocycles. The van der Waals surface area contributed by atoms with Gasteiger partial charge in [-0.3, -0.25) is 9.59 Å². The van der Waals surface area contributed by atoms with Crippen LogP contribution in [0.2, 0.25) is 5.02 Å². The van der Waals surface area contributed by atoms with Crippen LogP contribution >= 0.6 is 11.6 Å². The van der Waals surface area contributed by atoms with Gasteiger partial charge in [0.1, 0.15) is 0 Å². The molecular weight excluding hydrogens is 418 g/mol. The van der Waals surface area contributed by atoms with Gasteiger partial charge < -0.3 is 14.8 Å². The molecule has 1 heterocycles. The van der Waals surface area contributed by atoms with Gasteiger partial charge in [0.25, 0.3) is 5.56 Å². The van der Waals surface area contributed by atoms with Crippen LogP contribution in [0, 0.1) is 6.92 Å². The fourth-order valence-corrected chi connectivity index (χ4v) is 3.28.